The van der Waals surface area contributed by atoms with Crippen LogP contribution in [0.5, 0.6) is 0 Å². The monoisotopic (exact) mass is 309 g/mol. The van der Waals surface area contributed by atoms with E-state index in [1.165, 1.54) is 0 Å². The van der Waals surface area contributed by atoms with E-state index in [0.29, 0.717) is 12.1 Å². The quantitative estimate of drug-likeness (QED) is 0.585. The Labute approximate surface area is 166 Å². The van der Waals surface area contributed by atoms with E-state index < -0.39 is 18.1 Å². The van der Waals surface area contributed by atoms with Crippen molar-refractivity contribution < 1.29 is 66.4 Å². The first-order valence-corrected chi connectivity index (χ1v) is 6.39. The van der Waals surface area contributed by atoms with Gasteiger partial charge in [0, 0.05) is 6.54 Å². The summed E-state index contributed by atoms with van der Waals surface area (Å²) in [6.45, 7) is 0.463. The molecule has 0 aromatic heterocycles. The third-order valence-electron chi connectivity index (χ3n) is 3.08. The van der Waals surface area contributed by atoms with Gasteiger partial charge in [-0.25, -0.2) is 0 Å². The van der Waals surface area contributed by atoms with Crippen LogP contribution < -0.4 is 61.8 Å². The maximum Gasteiger partial charge on any atom is 1.00 e. The summed E-state index contributed by atoms with van der Waals surface area (Å²) < 4.78 is 0. The van der Waals surface area contributed by atoms with Crippen LogP contribution >= 0.6 is 0 Å². The Bertz CT molecular complexity index is 548. The topological polar surface area (TPSA) is 72.4 Å². The molecular formula is C16H16KNO3. The molecule has 2 rings (SSSR count). The molecule has 2 atom stereocenters. The van der Waals surface area contributed by atoms with Gasteiger partial charge in [-0.05, 0) is 11.1 Å². The van der Waals surface area contributed by atoms with Crippen LogP contribution in [0, 0.1) is 0 Å². The summed E-state index contributed by atoms with van der Waals surface area (Å²) >= 11 is 0. The summed E-state index contributed by atoms with van der Waals surface area (Å²) in [6.07, 6.45) is -1.60. The number of aliphatic carboxylic acids is 1. The average molecular weight is 309 g/mol. The van der Waals surface area contributed by atoms with E-state index >= 15 is 0 Å². The van der Waals surface area contributed by atoms with E-state index in [9.17, 15) is 15.0 Å². The summed E-state index contributed by atoms with van der Waals surface area (Å²) in [7, 11) is 0. The third kappa shape index (κ3) is 5.63. The van der Waals surface area contributed by atoms with Crippen molar-refractivity contribution >= 4 is 5.97 Å². The number of aliphatic hydroxyl groups excluding tert-OH is 1. The van der Waals surface area contributed by atoms with Crippen LogP contribution in [0.2, 0.25) is 0 Å². The van der Waals surface area contributed by atoms with Gasteiger partial charge in [-0.1, -0.05) is 60.7 Å². The van der Waals surface area contributed by atoms with Gasteiger partial charge in [-0.15, -0.1) is 0 Å². The minimum Gasteiger partial charge on any atom is -0.547 e. The zero-order chi connectivity index (χ0) is 14.4. The van der Waals surface area contributed by atoms with Crippen molar-refractivity contribution in [2.75, 3.05) is 0 Å². The van der Waals surface area contributed by atoms with Gasteiger partial charge < -0.3 is 20.3 Å². The smallest absolute Gasteiger partial charge is 0.547 e. The molecule has 0 spiro atoms. The fourth-order valence-electron chi connectivity index (χ4n) is 2.03. The van der Waals surface area contributed by atoms with Gasteiger partial charge in [0.2, 0.25) is 0 Å². The van der Waals surface area contributed by atoms with Crippen LogP contribution in [-0.4, -0.2) is 17.2 Å². The normalized spacial score (nSPS) is 13.0. The molecule has 5 heteroatoms. The number of carboxylic acids is 1. The van der Waals surface area contributed by atoms with Gasteiger partial charge >= 0.3 is 51.4 Å². The number of hydrogen-bond acceptors (Lipinski definition) is 4. The molecule has 0 amide bonds. The third-order valence-corrected chi connectivity index (χ3v) is 3.08. The maximum atomic E-state index is 10.9. The minimum absolute atomic E-state index is 0. The summed E-state index contributed by atoms with van der Waals surface area (Å²) in [5.41, 5.74) is 1.72. The zero-order valence-corrected chi connectivity index (χ0v) is 15.0. The van der Waals surface area contributed by atoms with Crippen LogP contribution in [-0.2, 0) is 11.3 Å². The molecule has 0 heterocycles. The van der Waals surface area contributed by atoms with Crippen molar-refractivity contribution in [1.82, 2.24) is 5.32 Å². The molecule has 21 heavy (non-hydrogen) atoms. The number of carboxylic acid groups (broad SMARTS) is 1. The van der Waals surface area contributed by atoms with Gasteiger partial charge in [-0.3, -0.25) is 0 Å². The van der Waals surface area contributed by atoms with Gasteiger partial charge in [0.05, 0.1) is 12.0 Å². The number of carbonyl (C=O) groups excluding carboxylic acids is 1. The van der Waals surface area contributed by atoms with Crippen molar-refractivity contribution in [2.45, 2.75) is 18.7 Å². The van der Waals surface area contributed by atoms with Gasteiger partial charge in [-0.2, -0.15) is 0 Å². The molecule has 0 bridgehead atoms. The Hall–Kier alpha value is -0.534. The molecule has 0 aliphatic carbocycles. The number of nitrogens with one attached hydrogen (secondary N) is 1. The van der Waals surface area contributed by atoms with E-state index in [0.717, 1.165) is 5.56 Å². The summed E-state index contributed by atoms with van der Waals surface area (Å²) in [6, 6.07) is 17.9. The summed E-state index contributed by atoms with van der Waals surface area (Å²) in [5.74, 6) is -1.49. The molecule has 0 radical (unpaired) electrons. The number of rotatable bonds is 6. The second kappa shape index (κ2) is 9.48. The Kier molecular flexibility index (Phi) is 8.36. The van der Waals surface area contributed by atoms with Crippen molar-refractivity contribution in [3.8, 4) is 0 Å². The predicted octanol–water partition coefficient (Wildman–Crippen LogP) is -2.37. The Morgan fingerprint density at radius 1 is 1.05 bits per heavy atom. The van der Waals surface area contributed by atoms with Crippen LogP contribution in [0.25, 0.3) is 0 Å². The molecule has 2 aromatic rings. The van der Waals surface area contributed by atoms with Crippen molar-refractivity contribution in [1.29, 1.82) is 0 Å². The summed E-state index contributed by atoms with van der Waals surface area (Å²) in [4.78, 5) is 10.9. The molecule has 0 aliphatic rings. The van der Waals surface area contributed by atoms with Gasteiger partial charge in [0.1, 0.15) is 6.10 Å². The van der Waals surface area contributed by atoms with Crippen molar-refractivity contribution in [3.05, 3.63) is 71.8 Å². The first kappa shape index (κ1) is 18.5. The van der Waals surface area contributed by atoms with Crippen LogP contribution in [0.3, 0.4) is 0 Å². The van der Waals surface area contributed by atoms with E-state index in [-0.39, 0.29) is 51.4 Å². The second-order valence-electron chi connectivity index (χ2n) is 4.52. The first-order valence-electron chi connectivity index (χ1n) is 6.39. The molecular weight excluding hydrogens is 293 g/mol. The Balaban J connectivity index is 0.00000220. The fraction of sp³-hybridized carbons (Fsp3) is 0.188. The van der Waals surface area contributed by atoms with Gasteiger partial charge in [0.25, 0.3) is 0 Å². The number of carbonyl (C=O) groups is 1. The number of hydrogen-bond donors (Lipinski definition) is 2. The maximum absolute atomic E-state index is 10.9. The zero-order valence-electron chi connectivity index (χ0n) is 11.9. The average Bonchev–Trinajstić information content (AvgIpc) is 2.49. The molecule has 0 aliphatic heterocycles. The Morgan fingerprint density at radius 2 is 1.57 bits per heavy atom. The molecule has 0 unspecified atom stereocenters. The minimum atomic E-state index is -1.60. The second-order valence-corrected chi connectivity index (χ2v) is 4.52. The molecule has 2 N–H and O–H groups in total. The van der Waals surface area contributed by atoms with Crippen LogP contribution in [0.4, 0.5) is 0 Å². The molecule has 0 saturated carbocycles. The summed E-state index contributed by atoms with van der Waals surface area (Å²) in [5, 5.41) is 23.8. The van der Waals surface area contributed by atoms with E-state index in [2.05, 4.69) is 5.32 Å². The van der Waals surface area contributed by atoms with E-state index in [1.54, 1.807) is 24.3 Å². The van der Waals surface area contributed by atoms with Crippen LogP contribution in [0.15, 0.2) is 60.7 Å². The van der Waals surface area contributed by atoms with Crippen molar-refractivity contribution in [2.24, 2.45) is 0 Å². The number of aliphatic hydroxyl groups is 1. The SMILES string of the molecule is O=C([O-])[C@H](O)[C@@H](NCc1ccccc1)c1ccccc1.[K+]. The predicted molar refractivity (Wildman–Crippen MR) is 73.5 cm³/mol. The first-order chi connectivity index (χ1) is 9.68. The largest absolute Gasteiger partial charge is 1.00 e. The van der Waals surface area contributed by atoms with E-state index in [4.69, 9.17) is 0 Å². The van der Waals surface area contributed by atoms with Gasteiger partial charge in [0.15, 0.2) is 0 Å². The Morgan fingerprint density at radius 3 is 2.10 bits per heavy atom. The fourth-order valence-corrected chi connectivity index (χ4v) is 2.03. The van der Waals surface area contributed by atoms with Crippen molar-refractivity contribution in [3.63, 3.8) is 0 Å². The molecule has 0 saturated heterocycles. The molecule has 2 aromatic carbocycles. The molecule has 0 fully saturated rings. The molecule has 4 nitrogen and oxygen atoms in total. The molecule has 104 valence electrons. The van der Waals surface area contributed by atoms with E-state index in [1.807, 2.05) is 36.4 Å². The number of benzene rings is 2. The standard InChI is InChI=1S/C16H17NO3.K/c18-15(16(19)20)14(13-9-5-2-6-10-13)17-11-12-7-3-1-4-8-12;/h1-10,14-15,17-18H,11H2,(H,19,20);/q;+1/p-1/t14-,15+;/m0./s1. The van der Waals surface area contributed by atoms with Crippen LogP contribution in [0.1, 0.15) is 17.2 Å².